The largest absolute Gasteiger partial charge is 0.455 e. The number of allylic oxidation sites excluding steroid dienone is 2. The normalized spacial score (nSPS) is 17.5. The first kappa shape index (κ1) is 25.5. The zero-order valence-electron chi connectivity index (χ0n) is 25.4. The van der Waals surface area contributed by atoms with Crippen molar-refractivity contribution < 1.29 is 4.42 Å². The van der Waals surface area contributed by atoms with Gasteiger partial charge in [-0.2, -0.15) is 0 Å². The fourth-order valence-electron chi connectivity index (χ4n) is 8.10. The molecule has 0 amide bonds. The van der Waals surface area contributed by atoms with Gasteiger partial charge < -0.3 is 13.9 Å². The number of hydrogen-bond donors (Lipinski definition) is 0. The molecule has 0 radical (unpaired) electrons. The molecule has 1 aliphatic heterocycles. The predicted octanol–water partition coefficient (Wildman–Crippen LogP) is 11.5. The maximum Gasteiger partial charge on any atom is 0.145 e. The molecule has 218 valence electrons. The second-order valence-corrected chi connectivity index (χ2v) is 12.7. The van der Waals surface area contributed by atoms with Crippen LogP contribution in [-0.2, 0) is 0 Å². The number of hydrogen-bond acceptors (Lipinski definition) is 2. The van der Waals surface area contributed by atoms with E-state index in [9.17, 15) is 0 Å². The Hall–Kier alpha value is -5.80. The van der Waals surface area contributed by atoms with E-state index in [-0.39, 0.29) is 5.54 Å². The molecule has 1 unspecified atom stereocenters. The van der Waals surface area contributed by atoms with E-state index in [1.165, 1.54) is 44.6 Å². The number of para-hydroxylation sites is 3. The average Bonchev–Trinajstić information content (AvgIpc) is 3.74. The Kier molecular flexibility index (Phi) is 5.19. The van der Waals surface area contributed by atoms with Crippen molar-refractivity contribution in [3.05, 3.63) is 163 Å². The van der Waals surface area contributed by atoms with Crippen LogP contribution in [0.25, 0.3) is 60.6 Å². The van der Waals surface area contributed by atoms with Crippen molar-refractivity contribution in [3.8, 4) is 5.69 Å². The quantitative estimate of drug-likeness (QED) is 0.204. The van der Waals surface area contributed by atoms with Crippen molar-refractivity contribution in [3.63, 3.8) is 0 Å². The second kappa shape index (κ2) is 9.35. The van der Waals surface area contributed by atoms with Crippen molar-refractivity contribution in [1.82, 2.24) is 4.57 Å². The molecule has 2 aromatic heterocycles. The lowest BCUT2D eigenvalue weighted by Crippen LogP contribution is -2.40. The van der Waals surface area contributed by atoms with Gasteiger partial charge in [-0.05, 0) is 90.7 Å². The lowest BCUT2D eigenvalue weighted by Gasteiger charge is -2.39. The first-order valence-corrected chi connectivity index (χ1v) is 16.0. The van der Waals surface area contributed by atoms with Crippen LogP contribution in [0.1, 0.15) is 24.5 Å². The Labute approximate surface area is 266 Å². The minimum absolute atomic E-state index is 0.261. The summed E-state index contributed by atoms with van der Waals surface area (Å²) in [6.45, 7) is 2.41. The summed E-state index contributed by atoms with van der Waals surface area (Å²) in [6, 6.07) is 50.0. The molecule has 0 bridgehead atoms. The van der Waals surface area contributed by atoms with Gasteiger partial charge in [-0.1, -0.05) is 91.0 Å². The van der Waals surface area contributed by atoms with Gasteiger partial charge >= 0.3 is 0 Å². The molecule has 0 saturated heterocycles. The van der Waals surface area contributed by atoms with Crippen molar-refractivity contribution in [2.45, 2.75) is 18.9 Å². The van der Waals surface area contributed by atoms with Crippen LogP contribution in [-0.4, -0.2) is 10.1 Å². The minimum atomic E-state index is -0.261. The Morgan fingerprint density at radius 2 is 1.30 bits per heavy atom. The molecule has 0 N–H and O–H groups in total. The SMILES string of the molecule is CC12CC=C(c3ccccc3)C=C1c1c(ccc3c4c5oc6ccccc6c5ccc4n(-c4ccccc4)c13)N2c1ccccc1. The first-order valence-electron chi connectivity index (χ1n) is 16.0. The molecule has 1 aliphatic carbocycles. The number of anilines is 2. The van der Waals surface area contributed by atoms with E-state index in [1.807, 2.05) is 0 Å². The summed E-state index contributed by atoms with van der Waals surface area (Å²) >= 11 is 0. The number of furan rings is 1. The average molecular weight is 591 g/mol. The van der Waals surface area contributed by atoms with Gasteiger partial charge in [-0.25, -0.2) is 0 Å². The van der Waals surface area contributed by atoms with Crippen molar-refractivity contribution in [1.29, 1.82) is 0 Å². The summed E-state index contributed by atoms with van der Waals surface area (Å²) in [4.78, 5) is 2.57. The smallest absolute Gasteiger partial charge is 0.145 e. The third-order valence-electron chi connectivity index (χ3n) is 10.2. The number of fused-ring (bicyclic) bond motifs is 11. The summed E-state index contributed by atoms with van der Waals surface area (Å²) in [5.74, 6) is 0. The highest BCUT2D eigenvalue weighted by molar-refractivity contribution is 6.26. The maximum absolute atomic E-state index is 6.69. The van der Waals surface area contributed by atoms with Gasteiger partial charge in [0.05, 0.1) is 27.6 Å². The van der Waals surface area contributed by atoms with Gasteiger partial charge in [0.1, 0.15) is 11.2 Å². The van der Waals surface area contributed by atoms with Gasteiger partial charge in [0.25, 0.3) is 0 Å². The molecular weight excluding hydrogens is 560 g/mol. The summed E-state index contributed by atoms with van der Waals surface area (Å²) in [6.07, 6.45) is 5.76. The van der Waals surface area contributed by atoms with Crippen LogP contribution in [0.5, 0.6) is 0 Å². The number of rotatable bonds is 3. The van der Waals surface area contributed by atoms with Gasteiger partial charge in [0.15, 0.2) is 0 Å². The van der Waals surface area contributed by atoms with Gasteiger partial charge in [-0.3, -0.25) is 0 Å². The Morgan fingerprint density at radius 3 is 2.09 bits per heavy atom. The zero-order valence-corrected chi connectivity index (χ0v) is 25.4. The maximum atomic E-state index is 6.69. The van der Waals surface area contributed by atoms with E-state index in [0.29, 0.717) is 0 Å². The van der Waals surface area contributed by atoms with E-state index >= 15 is 0 Å². The molecule has 10 rings (SSSR count). The highest BCUT2D eigenvalue weighted by atomic mass is 16.3. The molecular formula is C43H30N2O. The van der Waals surface area contributed by atoms with Gasteiger partial charge in [0.2, 0.25) is 0 Å². The van der Waals surface area contributed by atoms with Crippen LogP contribution in [0.15, 0.2) is 156 Å². The third kappa shape index (κ3) is 3.37. The van der Waals surface area contributed by atoms with Crippen LogP contribution < -0.4 is 4.90 Å². The monoisotopic (exact) mass is 590 g/mol. The van der Waals surface area contributed by atoms with Crippen LogP contribution >= 0.6 is 0 Å². The molecule has 0 saturated carbocycles. The van der Waals surface area contributed by atoms with Crippen LogP contribution in [0, 0.1) is 0 Å². The summed E-state index contributed by atoms with van der Waals surface area (Å²) in [7, 11) is 0. The molecule has 46 heavy (non-hydrogen) atoms. The van der Waals surface area contributed by atoms with E-state index in [2.05, 4.69) is 168 Å². The highest BCUT2D eigenvalue weighted by Gasteiger charge is 2.47. The minimum Gasteiger partial charge on any atom is -0.455 e. The zero-order chi connectivity index (χ0) is 30.4. The topological polar surface area (TPSA) is 21.3 Å². The summed E-state index contributed by atoms with van der Waals surface area (Å²) in [5, 5.41) is 4.66. The lowest BCUT2D eigenvalue weighted by atomic mass is 9.79. The van der Waals surface area contributed by atoms with Gasteiger partial charge in [0, 0.05) is 33.1 Å². The molecule has 6 aromatic carbocycles. The molecule has 1 atom stereocenters. The fourth-order valence-corrected chi connectivity index (χ4v) is 8.10. The van der Waals surface area contributed by atoms with E-state index in [0.717, 1.165) is 44.9 Å². The van der Waals surface area contributed by atoms with Crippen LogP contribution in [0.4, 0.5) is 11.4 Å². The lowest BCUT2D eigenvalue weighted by molar-refractivity contribution is 0.608. The molecule has 3 heterocycles. The molecule has 0 fully saturated rings. The Balaban J connectivity index is 1.38. The van der Waals surface area contributed by atoms with Crippen molar-refractivity contribution in [2.75, 3.05) is 4.90 Å². The van der Waals surface area contributed by atoms with Crippen LogP contribution in [0.2, 0.25) is 0 Å². The third-order valence-corrected chi connectivity index (χ3v) is 10.2. The summed E-state index contributed by atoms with van der Waals surface area (Å²) in [5.41, 5.74) is 12.7. The fraction of sp³-hybridized carbons (Fsp3) is 0.0698. The second-order valence-electron chi connectivity index (χ2n) is 12.7. The Bertz CT molecular complexity index is 2550. The number of nitrogens with zero attached hydrogens (tertiary/aromatic N) is 2. The first-order chi connectivity index (χ1) is 22.7. The van der Waals surface area contributed by atoms with E-state index in [4.69, 9.17) is 4.42 Å². The molecule has 0 spiro atoms. The van der Waals surface area contributed by atoms with Crippen molar-refractivity contribution in [2.24, 2.45) is 0 Å². The molecule has 3 heteroatoms. The molecule has 3 nitrogen and oxygen atoms in total. The van der Waals surface area contributed by atoms with Crippen molar-refractivity contribution >= 4 is 66.3 Å². The Morgan fingerprint density at radius 1 is 0.630 bits per heavy atom. The summed E-state index contributed by atoms with van der Waals surface area (Å²) < 4.78 is 9.15. The molecule has 8 aromatic rings. The predicted molar refractivity (Wildman–Crippen MR) is 192 cm³/mol. The standard InChI is InChI=1S/C43H30N2O/c1-43-26-25-29(28-13-5-2-6-14-28)27-35(43)40-37(45(43)31-17-9-4-10-18-31)24-22-34-39-36(44(41(34)40)30-15-7-3-8-16-30)23-21-33-32-19-11-12-20-38(32)46-42(33)39/h2-25,27H,26H2,1H3. The number of aromatic nitrogens is 1. The highest BCUT2D eigenvalue weighted by Crippen LogP contribution is 2.58. The van der Waals surface area contributed by atoms with E-state index in [1.54, 1.807) is 0 Å². The number of benzene rings is 6. The molecule has 2 aliphatic rings. The van der Waals surface area contributed by atoms with Gasteiger partial charge in [-0.15, -0.1) is 0 Å². The van der Waals surface area contributed by atoms with E-state index < -0.39 is 0 Å². The van der Waals surface area contributed by atoms with Crippen LogP contribution in [0.3, 0.4) is 0 Å².